The number of anilines is 1. The fourth-order valence-electron chi connectivity index (χ4n) is 1.40. The first-order chi connectivity index (χ1) is 8.40. The van der Waals surface area contributed by atoms with Crippen LogP contribution < -0.4 is 5.32 Å². The molecule has 0 aliphatic carbocycles. The Morgan fingerprint density at radius 1 is 1.22 bits per heavy atom. The summed E-state index contributed by atoms with van der Waals surface area (Å²) in [7, 11) is 1.52. The molecule has 2 rings (SSSR count). The standard InChI is InChI=1S/C11H10F3N3S/c1-6-3-4-8(18-6)7-5-9(15-2)17-10(16-7)11(12,13)14/h3-5H,1-2H3,(H,15,16,17). The molecule has 0 fully saturated rings. The number of alkyl halides is 3. The highest BCUT2D eigenvalue weighted by molar-refractivity contribution is 7.15. The van der Waals surface area contributed by atoms with Crippen molar-refractivity contribution in [3.05, 3.63) is 28.9 Å². The largest absolute Gasteiger partial charge is 0.451 e. The first kappa shape index (κ1) is 12.8. The van der Waals surface area contributed by atoms with Gasteiger partial charge in [0.05, 0.1) is 10.6 Å². The second kappa shape index (κ2) is 4.56. The average Bonchev–Trinajstić information content (AvgIpc) is 2.74. The molecule has 96 valence electrons. The summed E-state index contributed by atoms with van der Waals surface area (Å²) in [6, 6.07) is 5.09. The van der Waals surface area contributed by atoms with Crippen LogP contribution in [0.2, 0.25) is 0 Å². The van der Waals surface area contributed by atoms with Gasteiger partial charge in [-0.1, -0.05) is 0 Å². The van der Waals surface area contributed by atoms with Gasteiger partial charge < -0.3 is 5.32 Å². The summed E-state index contributed by atoms with van der Waals surface area (Å²) in [5.41, 5.74) is 0.278. The number of aromatic nitrogens is 2. The Morgan fingerprint density at radius 2 is 1.94 bits per heavy atom. The molecule has 0 radical (unpaired) electrons. The molecule has 7 heteroatoms. The molecule has 2 aromatic heterocycles. The maximum atomic E-state index is 12.7. The predicted molar refractivity (Wildman–Crippen MR) is 64.6 cm³/mol. The van der Waals surface area contributed by atoms with Gasteiger partial charge in [0.25, 0.3) is 0 Å². The Hall–Kier alpha value is -1.63. The van der Waals surface area contributed by atoms with Crippen LogP contribution in [0, 0.1) is 6.92 Å². The van der Waals surface area contributed by atoms with E-state index in [1.54, 1.807) is 6.07 Å². The maximum Gasteiger partial charge on any atom is 0.451 e. The van der Waals surface area contributed by atoms with Crippen molar-refractivity contribution >= 4 is 17.2 Å². The van der Waals surface area contributed by atoms with Crippen LogP contribution in [0.1, 0.15) is 10.7 Å². The number of nitrogens with one attached hydrogen (secondary N) is 1. The lowest BCUT2D eigenvalue weighted by Gasteiger charge is -2.09. The van der Waals surface area contributed by atoms with E-state index in [1.165, 1.54) is 24.5 Å². The SMILES string of the molecule is CNc1cc(-c2ccc(C)s2)nc(C(F)(F)F)n1. The van der Waals surface area contributed by atoms with Gasteiger partial charge in [-0.05, 0) is 19.1 Å². The molecule has 1 N–H and O–H groups in total. The normalized spacial score (nSPS) is 11.6. The zero-order chi connectivity index (χ0) is 13.3. The van der Waals surface area contributed by atoms with Gasteiger partial charge in [0.1, 0.15) is 5.82 Å². The minimum atomic E-state index is -4.55. The summed E-state index contributed by atoms with van der Waals surface area (Å²) in [4.78, 5) is 8.69. The van der Waals surface area contributed by atoms with Crippen LogP contribution in [0.25, 0.3) is 10.6 Å². The molecule has 2 heterocycles. The molecule has 3 nitrogen and oxygen atoms in total. The van der Waals surface area contributed by atoms with Gasteiger partial charge in [-0.25, -0.2) is 9.97 Å². The van der Waals surface area contributed by atoms with Crippen LogP contribution in [0.15, 0.2) is 18.2 Å². The van der Waals surface area contributed by atoms with E-state index >= 15 is 0 Å². The number of nitrogens with zero attached hydrogens (tertiary/aromatic N) is 2. The molecular weight excluding hydrogens is 263 g/mol. The summed E-state index contributed by atoms with van der Waals surface area (Å²) >= 11 is 1.39. The zero-order valence-corrected chi connectivity index (χ0v) is 10.5. The Bertz CT molecular complexity index is 563. The van der Waals surface area contributed by atoms with E-state index in [9.17, 15) is 13.2 Å². The van der Waals surface area contributed by atoms with Gasteiger partial charge >= 0.3 is 6.18 Å². The van der Waals surface area contributed by atoms with Crippen molar-refractivity contribution in [2.45, 2.75) is 13.1 Å². The van der Waals surface area contributed by atoms with Crippen molar-refractivity contribution in [1.29, 1.82) is 0 Å². The van der Waals surface area contributed by atoms with E-state index in [0.29, 0.717) is 4.88 Å². The lowest BCUT2D eigenvalue weighted by Crippen LogP contribution is -2.12. The lowest BCUT2D eigenvalue weighted by molar-refractivity contribution is -0.144. The number of rotatable bonds is 2. The number of thiophene rings is 1. The summed E-state index contributed by atoms with van der Waals surface area (Å²) < 4.78 is 38.0. The highest BCUT2D eigenvalue weighted by Crippen LogP contribution is 2.32. The summed E-state index contributed by atoms with van der Waals surface area (Å²) in [5, 5.41) is 2.61. The zero-order valence-electron chi connectivity index (χ0n) is 9.67. The summed E-state index contributed by atoms with van der Waals surface area (Å²) in [6.45, 7) is 1.89. The molecular formula is C11H10F3N3S. The van der Waals surface area contributed by atoms with Gasteiger partial charge in [0.2, 0.25) is 5.82 Å². The molecule has 0 aliphatic rings. The smallest absolute Gasteiger partial charge is 0.373 e. The van der Waals surface area contributed by atoms with Crippen molar-refractivity contribution in [2.75, 3.05) is 12.4 Å². The average molecular weight is 273 g/mol. The fraction of sp³-hybridized carbons (Fsp3) is 0.273. The molecule has 0 bridgehead atoms. The first-order valence-electron chi connectivity index (χ1n) is 5.11. The Kier molecular flexibility index (Phi) is 3.25. The molecule has 0 spiro atoms. The third-order valence-electron chi connectivity index (χ3n) is 2.23. The summed E-state index contributed by atoms with van der Waals surface area (Å²) in [5.74, 6) is -0.978. The number of halogens is 3. The second-order valence-electron chi connectivity index (χ2n) is 3.62. The molecule has 0 saturated carbocycles. The Morgan fingerprint density at radius 3 is 2.44 bits per heavy atom. The van der Waals surface area contributed by atoms with Gasteiger partial charge in [-0.3, -0.25) is 0 Å². The molecule has 0 aromatic carbocycles. The quantitative estimate of drug-likeness (QED) is 0.909. The van der Waals surface area contributed by atoms with E-state index in [2.05, 4.69) is 15.3 Å². The van der Waals surface area contributed by atoms with Crippen LogP contribution in [0.3, 0.4) is 0 Å². The van der Waals surface area contributed by atoms with Crippen LogP contribution in [0.4, 0.5) is 19.0 Å². The van der Waals surface area contributed by atoms with Crippen molar-refractivity contribution in [3.63, 3.8) is 0 Å². The molecule has 2 aromatic rings. The topological polar surface area (TPSA) is 37.8 Å². The van der Waals surface area contributed by atoms with E-state index in [-0.39, 0.29) is 11.5 Å². The van der Waals surface area contributed by atoms with Crippen molar-refractivity contribution < 1.29 is 13.2 Å². The van der Waals surface area contributed by atoms with Crippen LogP contribution in [0.5, 0.6) is 0 Å². The van der Waals surface area contributed by atoms with Gasteiger partial charge in [0.15, 0.2) is 0 Å². The van der Waals surface area contributed by atoms with Crippen molar-refractivity contribution in [3.8, 4) is 10.6 Å². The number of hydrogen-bond acceptors (Lipinski definition) is 4. The third-order valence-corrected chi connectivity index (χ3v) is 3.25. The molecule has 0 unspecified atom stereocenters. The predicted octanol–water partition coefficient (Wildman–Crippen LogP) is 3.57. The minimum Gasteiger partial charge on any atom is -0.373 e. The minimum absolute atomic E-state index is 0.151. The van der Waals surface area contributed by atoms with Gasteiger partial charge in [0, 0.05) is 18.0 Å². The molecule has 0 saturated heterocycles. The fourth-order valence-corrected chi connectivity index (χ4v) is 2.23. The third kappa shape index (κ3) is 2.61. The molecule has 18 heavy (non-hydrogen) atoms. The summed E-state index contributed by atoms with van der Waals surface area (Å²) in [6.07, 6.45) is -4.55. The molecule has 0 aliphatic heterocycles. The van der Waals surface area contributed by atoms with Crippen LogP contribution in [-0.2, 0) is 6.18 Å². The Labute approximate surface area is 106 Å². The molecule has 0 amide bonds. The monoisotopic (exact) mass is 273 g/mol. The number of aryl methyl sites for hydroxylation is 1. The lowest BCUT2D eigenvalue weighted by atomic mass is 10.3. The van der Waals surface area contributed by atoms with E-state index in [0.717, 1.165) is 4.88 Å². The number of hydrogen-bond donors (Lipinski definition) is 1. The van der Waals surface area contributed by atoms with Crippen LogP contribution in [-0.4, -0.2) is 17.0 Å². The van der Waals surface area contributed by atoms with E-state index in [1.807, 2.05) is 13.0 Å². The van der Waals surface area contributed by atoms with Gasteiger partial charge in [-0.2, -0.15) is 13.2 Å². The second-order valence-corrected chi connectivity index (χ2v) is 4.91. The van der Waals surface area contributed by atoms with E-state index < -0.39 is 12.0 Å². The van der Waals surface area contributed by atoms with Crippen molar-refractivity contribution in [1.82, 2.24) is 9.97 Å². The highest BCUT2D eigenvalue weighted by Gasteiger charge is 2.35. The van der Waals surface area contributed by atoms with E-state index in [4.69, 9.17) is 0 Å². The molecule has 0 atom stereocenters. The van der Waals surface area contributed by atoms with Crippen LogP contribution >= 0.6 is 11.3 Å². The maximum absolute atomic E-state index is 12.7. The highest BCUT2D eigenvalue weighted by atomic mass is 32.1. The Balaban J connectivity index is 2.54. The van der Waals surface area contributed by atoms with Gasteiger partial charge in [-0.15, -0.1) is 11.3 Å². The first-order valence-corrected chi connectivity index (χ1v) is 5.92. The van der Waals surface area contributed by atoms with Crippen molar-refractivity contribution in [2.24, 2.45) is 0 Å².